The van der Waals surface area contributed by atoms with Crippen LogP contribution in [0.2, 0.25) is 0 Å². The Morgan fingerprint density at radius 2 is 1.21 bits per heavy atom. The number of carbonyl (C=O) groups is 1. The Bertz CT molecular complexity index is 1260. The number of rotatable bonds is 6. The number of hydrogen-bond donors (Lipinski definition) is 5. The third kappa shape index (κ3) is 4.96. The maximum absolute atomic E-state index is 13.2. The highest BCUT2D eigenvalue weighted by Crippen LogP contribution is 2.28. The lowest BCUT2D eigenvalue weighted by molar-refractivity contribution is -0.115. The molecule has 1 aliphatic rings. The molecule has 0 fully saturated rings. The number of carbonyl (C=O) groups excluding carboxylic acids is 1. The maximum atomic E-state index is 13.2. The van der Waals surface area contributed by atoms with Crippen LogP contribution in [0.5, 0.6) is 17.2 Å². The van der Waals surface area contributed by atoms with E-state index in [2.05, 4.69) is 15.6 Å². The number of Topliss-reactive ketones (excluding diaryl/α,β-unsaturated/α-hetero) is 1. The van der Waals surface area contributed by atoms with Crippen LogP contribution >= 0.6 is 0 Å². The lowest BCUT2D eigenvalue weighted by atomic mass is 10.0. The molecule has 1 aliphatic carbocycles. The standard InChI is InChI=1S/C25H21N3O5/c1-33-25-23(28-17-6-12-20(31)13-7-17)21(26-15-2-8-18(29)9-3-15)14-22(24(25)32)27-16-4-10-19(30)11-5-16/h2-14,27-31H,1H3/b26-21-. The predicted molar refractivity (Wildman–Crippen MR) is 126 cm³/mol. The van der Waals surface area contributed by atoms with Crippen molar-refractivity contribution in [2.24, 2.45) is 4.99 Å². The van der Waals surface area contributed by atoms with Crippen molar-refractivity contribution in [3.05, 3.63) is 96.0 Å². The van der Waals surface area contributed by atoms with Crippen molar-refractivity contribution in [1.29, 1.82) is 0 Å². The van der Waals surface area contributed by atoms with Crippen molar-refractivity contribution in [2.75, 3.05) is 17.7 Å². The van der Waals surface area contributed by atoms with Crippen molar-refractivity contribution >= 4 is 28.6 Å². The quantitative estimate of drug-likeness (QED) is 0.282. The molecule has 0 saturated heterocycles. The molecular weight excluding hydrogens is 422 g/mol. The molecule has 0 atom stereocenters. The Morgan fingerprint density at radius 3 is 1.73 bits per heavy atom. The summed E-state index contributed by atoms with van der Waals surface area (Å²) in [6.45, 7) is 0. The Labute approximate surface area is 189 Å². The molecule has 166 valence electrons. The van der Waals surface area contributed by atoms with Crippen molar-refractivity contribution in [2.45, 2.75) is 0 Å². The zero-order valence-corrected chi connectivity index (χ0v) is 17.6. The molecule has 0 bridgehead atoms. The number of aliphatic imine (C=N–C) groups is 1. The van der Waals surface area contributed by atoms with Crippen LogP contribution in [0.3, 0.4) is 0 Å². The molecule has 0 aliphatic heterocycles. The molecule has 4 rings (SSSR count). The number of hydrogen-bond acceptors (Lipinski definition) is 8. The van der Waals surface area contributed by atoms with E-state index in [0.717, 1.165) is 0 Å². The second-order valence-corrected chi connectivity index (χ2v) is 7.15. The molecule has 0 radical (unpaired) electrons. The summed E-state index contributed by atoms with van der Waals surface area (Å²) in [5.74, 6) is -0.0177. The number of phenolic OH excluding ortho intramolecular Hbond substituents is 3. The average Bonchev–Trinajstić information content (AvgIpc) is 2.81. The fourth-order valence-electron chi connectivity index (χ4n) is 3.18. The first-order valence-corrected chi connectivity index (χ1v) is 9.98. The Kier molecular flexibility index (Phi) is 5.99. The normalized spacial score (nSPS) is 14.8. The first-order chi connectivity index (χ1) is 15.9. The summed E-state index contributed by atoms with van der Waals surface area (Å²) in [6.07, 6.45) is 1.59. The minimum atomic E-state index is -0.392. The van der Waals surface area contributed by atoms with Crippen LogP contribution in [0.25, 0.3) is 0 Å². The Morgan fingerprint density at radius 1 is 0.727 bits per heavy atom. The van der Waals surface area contributed by atoms with Crippen LogP contribution in [-0.2, 0) is 9.53 Å². The second kappa shape index (κ2) is 9.19. The van der Waals surface area contributed by atoms with E-state index in [9.17, 15) is 20.1 Å². The van der Waals surface area contributed by atoms with Crippen molar-refractivity contribution in [1.82, 2.24) is 0 Å². The highest BCUT2D eigenvalue weighted by molar-refractivity contribution is 6.26. The van der Waals surface area contributed by atoms with Crippen LogP contribution in [-0.4, -0.2) is 33.9 Å². The largest absolute Gasteiger partial charge is 0.508 e. The van der Waals surface area contributed by atoms with E-state index < -0.39 is 5.78 Å². The molecule has 0 saturated carbocycles. The number of nitrogens with one attached hydrogen (secondary N) is 2. The number of benzene rings is 3. The van der Waals surface area contributed by atoms with Crippen LogP contribution in [0, 0.1) is 0 Å². The number of methoxy groups -OCH3 is 1. The second-order valence-electron chi connectivity index (χ2n) is 7.15. The fraction of sp³-hybridized carbons (Fsp3) is 0.0400. The number of allylic oxidation sites excluding steroid dienone is 1. The number of ether oxygens (including phenoxy) is 1. The monoisotopic (exact) mass is 443 g/mol. The van der Waals surface area contributed by atoms with Gasteiger partial charge in [-0.2, -0.15) is 0 Å². The van der Waals surface area contributed by atoms with E-state index >= 15 is 0 Å². The van der Waals surface area contributed by atoms with Gasteiger partial charge in [-0.3, -0.25) is 4.79 Å². The lowest BCUT2D eigenvalue weighted by Gasteiger charge is -2.22. The molecule has 0 unspecified atom stereocenters. The van der Waals surface area contributed by atoms with Gasteiger partial charge < -0.3 is 30.7 Å². The molecule has 5 N–H and O–H groups in total. The highest BCUT2D eigenvalue weighted by Gasteiger charge is 2.29. The van der Waals surface area contributed by atoms with Gasteiger partial charge in [0.15, 0.2) is 5.76 Å². The summed E-state index contributed by atoms with van der Waals surface area (Å²) in [7, 11) is 1.40. The van der Waals surface area contributed by atoms with Gasteiger partial charge >= 0.3 is 0 Å². The number of anilines is 2. The summed E-state index contributed by atoms with van der Waals surface area (Å²) in [4.78, 5) is 17.8. The van der Waals surface area contributed by atoms with Crippen molar-refractivity contribution in [3.8, 4) is 17.2 Å². The molecular formula is C25H21N3O5. The summed E-state index contributed by atoms with van der Waals surface area (Å²) >= 11 is 0. The number of nitrogens with zero attached hydrogens (tertiary/aromatic N) is 1. The van der Waals surface area contributed by atoms with Crippen molar-refractivity contribution in [3.63, 3.8) is 0 Å². The van der Waals surface area contributed by atoms with Crippen LogP contribution in [0.4, 0.5) is 17.1 Å². The van der Waals surface area contributed by atoms with E-state index in [1.54, 1.807) is 42.5 Å². The smallest absolute Gasteiger partial charge is 0.245 e. The summed E-state index contributed by atoms with van der Waals surface area (Å²) in [6, 6.07) is 19.0. The molecule has 3 aromatic carbocycles. The first kappa shape index (κ1) is 21.5. The van der Waals surface area contributed by atoms with E-state index in [1.807, 2.05) is 0 Å². The molecule has 0 heterocycles. The molecule has 0 amide bonds. The minimum Gasteiger partial charge on any atom is -0.508 e. The summed E-state index contributed by atoms with van der Waals surface area (Å²) < 4.78 is 5.46. The Balaban J connectivity index is 1.77. The molecule has 33 heavy (non-hydrogen) atoms. The lowest BCUT2D eigenvalue weighted by Crippen LogP contribution is -2.27. The van der Waals surface area contributed by atoms with E-state index in [4.69, 9.17) is 4.74 Å². The third-order valence-electron chi connectivity index (χ3n) is 4.80. The highest BCUT2D eigenvalue weighted by atomic mass is 16.5. The van der Waals surface area contributed by atoms with Gasteiger partial charge in [0.05, 0.1) is 24.2 Å². The average molecular weight is 443 g/mol. The van der Waals surface area contributed by atoms with Gasteiger partial charge in [0.2, 0.25) is 5.78 Å². The van der Waals surface area contributed by atoms with Crippen LogP contribution in [0.1, 0.15) is 0 Å². The van der Waals surface area contributed by atoms with Gasteiger partial charge in [-0.05, 0) is 78.9 Å². The van der Waals surface area contributed by atoms with E-state index in [-0.39, 0.29) is 28.7 Å². The summed E-state index contributed by atoms with van der Waals surface area (Å²) in [5, 5.41) is 34.9. The maximum Gasteiger partial charge on any atom is 0.245 e. The zero-order valence-electron chi connectivity index (χ0n) is 17.6. The fourth-order valence-corrected chi connectivity index (χ4v) is 3.18. The van der Waals surface area contributed by atoms with E-state index in [0.29, 0.717) is 28.5 Å². The van der Waals surface area contributed by atoms with Gasteiger partial charge in [0.25, 0.3) is 0 Å². The number of phenols is 3. The molecule has 0 spiro atoms. The molecule has 8 heteroatoms. The first-order valence-electron chi connectivity index (χ1n) is 9.98. The third-order valence-corrected chi connectivity index (χ3v) is 4.80. The van der Waals surface area contributed by atoms with Gasteiger partial charge in [-0.15, -0.1) is 0 Å². The predicted octanol–water partition coefficient (Wildman–Crippen LogP) is 4.42. The van der Waals surface area contributed by atoms with Gasteiger partial charge in [-0.1, -0.05) is 0 Å². The minimum absolute atomic E-state index is 0.0457. The zero-order chi connectivity index (χ0) is 23.4. The SMILES string of the molecule is COC1=C(Nc2ccc(O)cc2)/C(=N\c2ccc(O)cc2)C=C(Nc2ccc(O)cc2)C1=O. The van der Waals surface area contributed by atoms with Crippen LogP contribution in [0.15, 0.2) is 101 Å². The number of ketones is 1. The Hall–Kier alpha value is -4.72. The molecule has 0 aromatic heterocycles. The van der Waals surface area contributed by atoms with E-state index in [1.165, 1.54) is 43.5 Å². The molecule has 8 nitrogen and oxygen atoms in total. The molecule has 3 aromatic rings. The van der Waals surface area contributed by atoms with Crippen molar-refractivity contribution < 1.29 is 24.9 Å². The summed E-state index contributed by atoms with van der Waals surface area (Å²) in [5.41, 5.74) is 2.75. The topological polar surface area (TPSA) is 123 Å². The van der Waals surface area contributed by atoms with Crippen LogP contribution < -0.4 is 10.6 Å². The number of aromatic hydroxyl groups is 3. The van der Waals surface area contributed by atoms with Gasteiger partial charge in [0.1, 0.15) is 22.9 Å². The van der Waals surface area contributed by atoms with Gasteiger partial charge in [-0.25, -0.2) is 4.99 Å². The van der Waals surface area contributed by atoms with Gasteiger partial charge in [0, 0.05) is 11.4 Å².